The van der Waals surface area contributed by atoms with Crippen LogP contribution in [0.3, 0.4) is 0 Å². The number of rotatable bonds is 8. The van der Waals surface area contributed by atoms with Crippen LogP contribution in [0.5, 0.6) is 5.75 Å². The number of esters is 2. The second-order valence-electron chi connectivity index (χ2n) is 5.25. The largest absolute Gasteiger partial charge is 0.480 e. The number of carbonyl (C=O) groups excluding carboxylic acids is 3. The van der Waals surface area contributed by atoms with Crippen LogP contribution in [0.2, 0.25) is 0 Å². The Bertz CT molecular complexity index is 642. The van der Waals surface area contributed by atoms with Crippen molar-refractivity contribution in [2.24, 2.45) is 5.73 Å². The molecule has 2 atom stereocenters. The fraction of sp³-hybridized carbons (Fsp3) is 0.375. The topological polar surface area (TPSA) is 145 Å². The molecular formula is C16H20N2O7. The summed E-state index contributed by atoms with van der Waals surface area (Å²) in [6, 6.07) is 3.82. The fourth-order valence-electron chi connectivity index (χ4n) is 1.86. The number of hydrogen-bond acceptors (Lipinski definition) is 7. The first-order valence-corrected chi connectivity index (χ1v) is 7.38. The highest BCUT2D eigenvalue weighted by Crippen LogP contribution is 2.14. The van der Waals surface area contributed by atoms with Gasteiger partial charge in [0.2, 0.25) is 5.91 Å². The summed E-state index contributed by atoms with van der Waals surface area (Å²) in [5.41, 5.74) is 6.15. The number of nitrogens with two attached hydrogens (primary N) is 1. The van der Waals surface area contributed by atoms with Crippen LogP contribution in [-0.4, -0.2) is 47.6 Å². The first-order valence-electron chi connectivity index (χ1n) is 7.38. The molecular weight excluding hydrogens is 332 g/mol. The van der Waals surface area contributed by atoms with Crippen molar-refractivity contribution in [3.8, 4) is 5.75 Å². The van der Waals surface area contributed by atoms with Gasteiger partial charge >= 0.3 is 17.9 Å². The van der Waals surface area contributed by atoms with Gasteiger partial charge in [0.1, 0.15) is 24.4 Å². The summed E-state index contributed by atoms with van der Waals surface area (Å²) >= 11 is 0. The quantitative estimate of drug-likeness (QED) is 0.424. The maximum Gasteiger partial charge on any atom is 0.326 e. The minimum absolute atomic E-state index is 0.00170. The van der Waals surface area contributed by atoms with E-state index in [4.69, 9.17) is 10.5 Å². The fourth-order valence-corrected chi connectivity index (χ4v) is 1.86. The zero-order valence-electron chi connectivity index (χ0n) is 13.9. The molecule has 0 aromatic heterocycles. The maximum absolute atomic E-state index is 11.9. The van der Waals surface area contributed by atoms with Crippen LogP contribution < -0.4 is 15.8 Å². The number of nitrogens with one attached hydrogen (secondary N) is 1. The summed E-state index contributed by atoms with van der Waals surface area (Å²) in [4.78, 5) is 44.8. The van der Waals surface area contributed by atoms with E-state index in [2.05, 4.69) is 10.1 Å². The number of ether oxygens (including phenoxy) is 2. The van der Waals surface area contributed by atoms with Crippen LogP contribution >= 0.6 is 0 Å². The number of aliphatic carboxylic acids is 1. The lowest BCUT2D eigenvalue weighted by Crippen LogP contribution is -2.51. The standard InChI is InChI=1S/C16H20N2O7/c1-9(19)24-8-13(17)15(21)18-14(16(22)23)7-11-3-5-12(6-4-11)25-10(2)20/h3-6,13-14H,7-8,17H2,1-2H3,(H,18,21)(H,22,23)/t13-,14?/m0/s1. The zero-order chi connectivity index (χ0) is 19.0. The Morgan fingerprint density at radius 3 is 2.20 bits per heavy atom. The summed E-state index contributed by atoms with van der Waals surface area (Å²) < 4.78 is 9.50. The van der Waals surface area contributed by atoms with Crippen molar-refractivity contribution < 1.29 is 33.8 Å². The van der Waals surface area contributed by atoms with Gasteiger partial charge in [-0.25, -0.2) is 4.79 Å². The normalized spacial score (nSPS) is 12.6. The molecule has 0 saturated carbocycles. The second kappa shape index (κ2) is 9.38. The Kier molecular flexibility index (Phi) is 7.54. The summed E-state index contributed by atoms with van der Waals surface area (Å²) in [6.07, 6.45) is 0.00170. The number of hydrogen-bond donors (Lipinski definition) is 3. The van der Waals surface area contributed by atoms with Crippen molar-refractivity contribution in [1.29, 1.82) is 0 Å². The van der Waals surface area contributed by atoms with Gasteiger partial charge in [-0.1, -0.05) is 12.1 Å². The van der Waals surface area contributed by atoms with Crippen LogP contribution in [0.4, 0.5) is 0 Å². The van der Waals surface area contributed by atoms with E-state index in [0.29, 0.717) is 11.3 Å². The SMILES string of the molecule is CC(=O)OC[C@H](N)C(=O)NC(Cc1ccc(OC(C)=O)cc1)C(=O)O. The smallest absolute Gasteiger partial charge is 0.326 e. The molecule has 25 heavy (non-hydrogen) atoms. The average molecular weight is 352 g/mol. The predicted octanol–water partition coefficient (Wildman–Crippen LogP) is -0.386. The minimum atomic E-state index is -1.24. The van der Waals surface area contributed by atoms with Gasteiger partial charge in [0, 0.05) is 20.3 Å². The third-order valence-corrected chi connectivity index (χ3v) is 3.04. The molecule has 1 unspecified atom stereocenters. The average Bonchev–Trinajstić information content (AvgIpc) is 2.52. The van der Waals surface area contributed by atoms with E-state index in [9.17, 15) is 24.3 Å². The molecule has 4 N–H and O–H groups in total. The Morgan fingerprint density at radius 2 is 1.72 bits per heavy atom. The number of carboxylic acid groups (broad SMARTS) is 1. The predicted molar refractivity (Wildman–Crippen MR) is 85.6 cm³/mol. The van der Waals surface area contributed by atoms with Gasteiger partial charge < -0.3 is 25.6 Å². The van der Waals surface area contributed by atoms with E-state index < -0.39 is 35.9 Å². The first-order chi connectivity index (χ1) is 11.7. The van der Waals surface area contributed by atoms with Gasteiger partial charge in [-0.15, -0.1) is 0 Å². The number of carboxylic acids is 1. The molecule has 136 valence electrons. The lowest BCUT2D eigenvalue weighted by atomic mass is 10.1. The summed E-state index contributed by atoms with van der Waals surface area (Å²) in [7, 11) is 0. The number of benzene rings is 1. The van der Waals surface area contributed by atoms with Crippen molar-refractivity contribution in [2.45, 2.75) is 32.4 Å². The van der Waals surface area contributed by atoms with Crippen molar-refractivity contribution in [3.63, 3.8) is 0 Å². The number of amides is 1. The summed E-state index contributed by atoms with van der Waals surface area (Å²) in [6.45, 7) is 2.09. The molecule has 0 saturated heterocycles. The van der Waals surface area contributed by atoms with Crippen LogP contribution in [0, 0.1) is 0 Å². The Balaban J connectivity index is 2.67. The van der Waals surface area contributed by atoms with E-state index in [0.717, 1.165) is 0 Å². The first kappa shape index (κ1) is 20.1. The Morgan fingerprint density at radius 1 is 1.12 bits per heavy atom. The van der Waals surface area contributed by atoms with E-state index >= 15 is 0 Å². The van der Waals surface area contributed by atoms with Gasteiger partial charge in [-0.2, -0.15) is 0 Å². The van der Waals surface area contributed by atoms with Gasteiger partial charge in [-0.3, -0.25) is 14.4 Å². The molecule has 0 aliphatic carbocycles. The molecule has 1 aromatic carbocycles. The van der Waals surface area contributed by atoms with E-state index in [-0.39, 0.29) is 13.0 Å². The molecule has 9 heteroatoms. The molecule has 9 nitrogen and oxygen atoms in total. The summed E-state index contributed by atoms with van der Waals surface area (Å²) in [5.74, 6) is -2.71. The third-order valence-electron chi connectivity index (χ3n) is 3.04. The van der Waals surface area contributed by atoms with Gasteiger partial charge in [-0.05, 0) is 17.7 Å². The van der Waals surface area contributed by atoms with Crippen molar-refractivity contribution >= 4 is 23.8 Å². The van der Waals surface area contributed by atoms with Crippen LogP contribution in [-0.2, 0) is 30.3 Å². The molecule has 0 aliphatic heterocycles. The Hall–Kier alpha value is -2.94. The molecule has 0 heterocycles. The Labute approximate surface area is 144 Å². The lowest BCUT2D eigenvalue weighted by Gasteiger charge is -2.18. The third kappa shape index (κ3) is 7.44. The molecule has 1 rings (SSSR count). The molecule has 0 bridgehead atoms. The highest BCUT2D eigenvalue weighted by molar-refractivity contribution is 5.87. The lowest BCUT2D eigenvalue weighted by molar-refractivity contribution is -0.145. The molecule has 0 aliphatic rings. The molecule has 0 radical (unpaired) electrons. The molecule has 1 amide bonds. The van der Waals surface area contributed by atoms with Gasteiger partial charge in [0.05, 0.1) is 0 Å². The van der Waals surface area contributed by atoms with Gasteiger partial charge in [0.25, 0.3) is 0 Å². The molecule has 0 spiro atoms. The van der Waals surface area contributed by atoms with E-state index in [1.165, 1.54) is 26.0 Å². The van der Waals surface area contributed by atoms with Crippen molar-refractivity contribution in [1.82, 2.24) is 5.32 Å². The second-order valence-corrected chi connectivity index (χ2v) is 5.25. The summed E-state index contributed by atoms with van der Waals surface area (Å²) in [5, 5.41) is 11.5. The minimum Gasteiger partial charge on any atom is -0.480 e. The van der Waals surface area contributed by atoms with Crippen molar-refractivity contribution in [2.75, 3.05) is 6.61 Å². The van der Waals surface area contributed by atoms with Crippen LogP contribution in [0.1, 0.15) is 19.4 Å². The molecule has 0 fully saturated rings. The zero-order valence-corrected chi connectivity index (χ0v) is 13.9. The maximum atomic E-state index is 11.9. The van der Waals surface area contributed by atoms with Crippen molar-refractivity contribution in [3.05, 3.63) is 29.8 Å². The van der Waals surface area contributed by atoms with E-state index in [1.807, 2.05) is 0 Å². The molecule has 1 aromatic rings. The number of carbonyl (C=O) groups is 4. The highest BCUT2D eigenvalue weighted by Gasteiger charge is 2.24. The van der Waals surface area contributed by atoms with Crippen LogP contribution in [0.25, 0.3) is 0 Å². The monoisotopic (exact) mass is 352 g/mol. The van der Waals surface area contributed by atoms with E-state index in [1.54, 1.807) is 12.1 Å². The van der Waals surface area contributed by atoms with Crippen LogP contribution in [0.15, 0.2) is 24.3 Å². The highest BCUT2D eigenvalue weighted by atomic mass is 16.5. The van der Waals surface area contributed by atoms with Gasteiger partial charge in [0.15, 0.2) is 0 Å².